The number of nitrogen functional groups attached to an aromatic ring is 1. The van der Waals surface area contributed by atoms with Crippen LogP contribution >= 0.6 is 27.5 Å². The molecule has 0 aliphatic rings. The summed E-state index contributed by atoms with van der Waals surface area (Å²) in [4.78, 5) is 13.0. The Balaban J connectivity index is 2.05. The molecule has 0 unspecified atom stereocenters. The topological polar surface area (TPSA) is 89.8 Å². The molecule has 8 heteroatoms. The summed E-state index contributed by atoms with van der Waals surface area (Å²) in [6.07, 6.45) is 4.88. The molecular weight excluding hydrogens is 454 g/mol. The molecule has 0 radical (unpaired) electrons. The van der Waals surface area contributed by atoms with Gasteiger partial charge in [0.05, 0.1) is 28.8 Å². The van der Waals surface area contributed by atoms with Crippen molar-refractivity contribution in [3.05, 3.63) is 44.4 Å². The van der Waals surface area contributed by atoms with E-state index in [1.165, 1.54) is 0 Å². The van der Waals surface area contributed by atoms with E-state index in [0.717, 1.165) is 26.9 Å². The minimum atomic E-state index is -0.750. The third-order valence-corrected chi connectivity index (χ3v) is 6.11. The van der Waals surface area contributed by atoms with Gasteiger partial charge in [-0.3, -0.25) is 4.98 Å². The second-order valence-corrected chi connectivity index (χ2v) is 8.83. The van der Waals surface area contributed by atoms with Crippen LogP contribution in [0.3, 0.4) is 0 Å². The van der Waals surface area contributed by atoms with Gasteiger partial charge < -0.3 is 15.4 Å². The second kappa shape index (κ2) is 8.31. The Hall–Kier alpha value is -2.14. The highest BCUT2D eigenvalue weighted by atomic mass is 79.9. The van der Waals surface area contributed by atoms with Crippen molar-refractivity contribution in [1.29, 1.82) is 0 Å². The zero-order valence-electron chi connectivity index (χ0n) is 16.8. The largest absolute Gasteiger partial charge is 0.390 e. The summed E-state index contributed by atoms with van der Waals surface area (Å²) < 4.78 is 2.98. The van der Waals surface area contributed by atoms with Crippen LogP contribution in [-0.2, 0) is 6.54 Å². The Morgan fingerprint density at radius 2 is 2.03 bits per heavy atom. The third kappa shape index (κ3) is 4.89. The number of aryl methyl sites for hydroxylation is 1. The summed E-state index contributed by atoms with van der Waals surface area (Å²) in [5.74, 6) is 6.36. The predicted molar refractivity (Wildman–Crippen MR) is 120 cm³/mol. The summed E-state index contributed by atoms with van der Waals surface area (Å²) in [7, 11) is 0. The molecule has 0 bridgehead atoms. The Morgan fingerprint density at radius 3 is 2.72 bits per heavy atom. The number of fused-ring (bicyclic) bond motifs is 1. The van der Waals surface area contributed by atoms with Crippen molar-refractivity contribution in [2.24, 2.45) is 0 Å². The number of anilines is 1. The number of pyridine rings is 1. The van der Waals surface area contributed by atoms with Gasteiger partial charge in [-0.05, 0) is 45.2 Å². The van der Waals surface area contributed by atoms with Crippen molar-refractivity contribution >= 4 is 44.5 Å². The van der Waals surface area contributed by atoms with Gasteiger partial charge in [-0.2, -0.15) is 4.98 Å². The van der Waals surface area contributed by atoms with Crippen molar-refractivity contribution in [1.82, 2.24) is 19.5 Å². The molecule has 3 aromatic heterocycles. The normalized spacial score (nSPS) is 11.6. The van der Waals surface area contributed by atoms with Crippen LogP contribution in [0.4, 0.5) is 5.95 Å². The lowest BCUT2D eigenvalue weighted by atomic mass is 10.0. The van der Waals surface area contributed by atoms with Gasteiger partial charge in [0, 0.05) is 23.3 Å². The molecule has 0 aliphatic heterocycles. The molecular formula is C21H23BrClN5O. The van der Waals surface area contributed by atoms with E-state index < -0.39 is 5.60 Å². The lowest BCUT2D eigenvalue weighted by Gasteiger charge is -2.13. The first-order valence-corrected chi connectivity index (χ1v) is 10.4. The van der Waals surface area contributed by atoms with Crippen LogP contribution in [0, 0.1) is 25.7 Å². The van der Waals surface area contributed by atoms with Crippen LogP contribution in [0.25, 0.3) is 11.0 Å². The molecule has 0 saturated carbocycles. The molecule has 0 amide bonds. The Morgan fingerprint density at radius 1 is 1.31 bits per heavy atom. The van der Waals surface area contributed by atoms with Crippen LogP contribution in [0.15, 0.2) is 16.9 Å². The van der Waals surface area contributed by atoms with Crippen molar-refractivity contribution < 1.29 is 5.11 Å². The zero-order chi connectivity index (χ0) is 21.3. The molecule has 6 nitrogen and oxygen atoms in total. The average molecular weight is 477 g/mol. The number of nitrogens with zero attached hydrogens (tertiary/aromatic N) is 4. The third-order valence-electron chi connectivity index (χ3n) is 4.62. The first kappa shape index (κ1) is 21.6. The summed E-state index contributed by atoms with van der Waals surface area (Å²) >= 11 is 9.99. The Labute approximate surface area is 183 Å². The second-order valence-electron chi connectivity index (χ2n) is 7.68. The fraction of sp³-hybridized carbons (Fsp3) is 0.381. The highest BCUT2D eigenvalue weighted by Gasteiger charge is 2.17. The molecule has 3 rings (SSSR count). The summed E-state index contributed by atoms with van der Waals surface area (Å²) in [6.45, 7) is 8.07. The maximum absolute atomic E-state index is 9.86. The fourth-order valence-electron chi connectivity index (χ4n) is 2.97. The van der Waals surface area contributed by atoms with E-state index in [2.05, 4.69) is 42.7 Å². The monoisotopic (exact) mass is 475 g/mol. The van der Waals surface area contributed by atoms with Crippen molar-refractivity contribution in [3.8, 4) is 11.8 Å². The van der Waals surface area contributed by atoms with Gasteiger partial charge in [-0.25, -0.2) is 4.98 Å². The molecule has 0 saturated heterocycles. The van der Waals surface area contributed by atoms with Crippen LogP contribution in [-0.4, -0.2) is 30.2 Å². The SMILES string of the molecule is Cc1cnc(Cn2cc(C#CCCC(C)(C)O)c3c(Cl)nc(N)nc32)c(C)c1Br. The highest BCUT2D eigenvalue weighted by Crippen LogP contribution is 2.29. The summed E-state index contributed by atoms with van der Waals surface area (Å²) in [5, 5.41) is 10.8. The molecule has 3 N–H and O–H groups in total. The number of nitrogens with two attached hydrogens (primary N) is 1. The number of aliphatic hydroxyl groups is 1. The van der Waals surface area contributed by atoms with Gasteiger partial charge in [-0.1, -0.05) is 39.4 Å². The van der Waals surface area contributed by atoms with Crippen LogP contribution in [0.5, 0.6) is 0 Å². The molecule has 0 atom stereocenters. The average Bonchev–Trinajstić information content (AvgIpc) is 2.96. The molecule has 0 aromatic carbocycles. The summed E-state index contributed by atoms with van der Waals surface area (Å²) in [6, 6.07) is 0. The molecule has 152 valence electrons. The smallest absolute Gasteiger partial charge is 0.223 e. The number of halogens is 2. The Bertz CT molecular complexity index is 1140. The fourth-order valence-corrected chi connectivity index (χ4v) is 3.58. The van der Waals surface area contributed by atoms with Gasteiger partial charge >= 0.3 is 0 Å². The first-order chi connectivity index (χ1) is 13.6. The van der Waals surface area contributed by atoms with Crippen molar-refractivity contribution in [2.45, 2.75) is 52.7 Å². The van der Waals surface area contributed by atoms with E-state index in [-0.39, 0.29) is 11.1 Å². The van der Waals surface area contributed by atoms with Crippen LogP contribution in [0.1, 0.15) is 49.1 Å². The van der Waals surface area contributed by atoms with Gasteiger partial charge in [0.1, 0.15) is 10.8 Å². The lowest BCUT2D eigenvalue weighted by Crippen LogP contribution is -2.17. The Kier molecular flexibility index (Phi) is 6.18. The summed E-state index contributed by atoms with van der Waals surface area (Å²) in [5.41, 5.74) is 9.49. The van der Waals surface area contributed by atoms with Gasteiger partial charge in [0.15, 0.2) is 0 Å². The number of rotatable bonds is 4. The molecule has 0 fully saturated rings. The van der Waals surface area contributed by atoms with Gasteiger partial charge in [0.2, 0.25) is 5.95 Å². The van der Waals surface area contributed by atoms with E-state index in [4.69, 9.17) is 17.3 Å². The van der Waals surface area contributed by atoms with E-state index in [1.807, 2.05) is 30.8 Å². The number of aromatic nitrogens is 4. The van der Waals surface area contributed by atoms with E-state index in [0.29, 0.717) is 30.4 Å². The van der Waals surface area contributed by atoms with Crippen LogP contribution in [0.2, 0.25) is 5.15 Å². The minimum Gasteiger partial charge on any atom is -0.390 e. The first-order valence-electron chi connectivity index (χ1n) is 9.20. The highest BCUT2D eigenvalue weighted by molar-refractivity contribution is 9.10. The van der Waals surface area contributed by atoms with E-state index in [1.54, 1.807) is 13.8 Å². The molecule has 3 heterocycles. The lowest BCUT2D eigenvalue weighted by molar-refractivity contribution is 0.0727. The maximum atomic E-state index is 9.86. The standard InChI is InChI=1S/C21H23BrClN5O/c1-12-9-25-15(13(2)17(12)22)11-28-10-14(7-5-6-8-21(3,4)29)16-18(23)26-20(24)27-19(16)28/h9-10,29H,6,8,11H2,1-4H3,(H2,24,26,27). The number of hydrogen-bond acceptors (Lipinski definition) is 5. The quantitative estimate of drug-likeness (QED) is 0.430. The maximum Gasteiger partial charge on any atom is 0.223 e. The van der Waals surface area contributed by atoms with E-state index in [9.17, 15) is 5.11 Å². The van der Waals surface area contributed by atoms with E-state index >= 15 is 0 Å². The van der Waals surface area contributed by atoms with Gasteiger partial charge in [0.25, 0.3) is 0 Å². The van der Waals surface area contributed by atoms with Gasteiger partial charge in [-0.15, -0.1) is 0 Å². The molecule has 29 heavy (non-hydrogen) atoms. The predicted octanol–water partition coefficient (Wildman–Crippen LogP) is 4.39. The van der Waals surface area contributed by atoms with Crippen molar-refractivity contribution in [3.63, 3.8) is 0 Å². The number of hydrogen-bond donors (Lipinski definition) is 2. The molecule has 0 spiro atoms. The molecule has 3 aromatic rings. The van der Waals surface area contributed by atoms with Crippen molar-refractivity contribution in [2.75, 3.05) is 5.73 Å². The van der Waals surface area contributed by atoms with Crippen LogP contribution < -0.4 is 5.73 Å². The minimum absolute atomic E-state index is 0.109. The molecule has 0 aliphatic carbocycles. The zero-order valence-corrected chi connectivity index (χ0v) is 19.2.